The Bertz CT molecular complexity index is 243. The van der Waals surface area contributed by atoms with Gasteiger partial charge in [0.2, 0.25) is 0 Å². The van der Waals surface area contributed by atoms with Crippen molar-refractivity contribution in [2.75, 3.05) is 0 Å². The quantitative estimate of drug-likeness (QED) is 0.668. The molecule has 58 valence electrons. The fourth-order valence-corrected chi connectivity index (χ4v) is 1.68. The normalized spacial score (nSPS) is 12.5. The first-order chi connectivity index (χ1) is 5.22. The maximum atomic E-state index is 9.56. The molecule has 1 aromatic carbocycles. The van der Waals surface area contributed by atoms with Gasteiger partial charge in [-0.3, -0.25) is 0 Å². The molecular weight excluding hydrogens is 155 g/mol. The predicted octanol–water partition coefficient (Wildman–Crippen LogP) is 2.23. The molecule has 0 bridgehead atoms. The Labute approximate surface area is 68.2 Å². The fraction of sp³-hybridized carbons (Fsp3) is 0.111. The van der Waals surface area contributed by atoms with E-state index in [1.165, 1.54) is 0 Å². The Hall–Kier alpha value is -0.650. The Morgan fingerprint density at radius 3 is 2.36 bits per heavy atom. The zero-order valence-corrected chi connectivity index (χ0v) is 7.38. The van der Waals surface area contributed by atoms with E-state index in [1.807, 2.05) is 37.3 Å². The first-order valence-electron chi connectivity index (χ1n) is 3.41. The molecule has 0 heterocycles. The van der Waals surface area contributed by atoms with Crippen molar-refractivity contribution in [2.24, 2.45) is 0 Å². The van der Waals surface area contributed by atoms with Crippen LogP contribution in [0.3, 0.4) is 0 Å². The van der Waals surface area contributed by atoms with Crippen LogP contribution < -0.4 is 5.30 Å². The highest BCUT2D eigenvalue weighted by Gasteiger charge is 2.05. The van der Waals surface area contributed by atoms with Crippen LogP contribution in [0.25, 0.3) is 0 Å². The van der Waals surface area contributed by atoms with Crippen molar-refractivity contribution in [3.8, 4) is 0 Å². The minimum Gasteiger partial charge on any atom is -0.365 e. The van der Waals surface area contributed by atoms with Gasteiger partial charge in [0.15, 0.2) is 0 Å². The molecule has 0 radical (unpaired) electrons. The first kappa shape index (κ1) is 8.45. The van der Waals surface area contributed by atoms with Crippen LogP contribution in [0.15, 0.2) is 42.2 Å². The van der Waals surface area contributed by atoms with Crippen molar-refractivity contribution >= 4 is 13.5 Å². The third-order valence-electron chi connectivity index (χ3n) is 1.36. The molecule has 0 aliphatic carbocycles. The molecule has 0 aromatic heterocycles. The average molecular weight is 166 g/mol. The van der Waals surface area contributed by atoms with Gasteiger partial charge in [-0.1, -0.05) is 36.9 Å². The van der Waals surface area contributed by atoms with Gasteiger partial charge in [-0.2, -0.15) is 0 Å². The molecule has 1 aromatic rings. The number of hydrogen-bond acceptors (Lipinski definition) is 1. The highest BCUT2D eigenvalue weighted by Crippen LogP contribution is 2.36. The van der Waals surface area contributed by atoms with Gasteiger partial charge in [-0.05, 0) is 12.2 Å². The summed E-state index contributed by atoms with van der Waals surface area (Å²) in [7, 11) is -1.13. The lowest BCUT2D eigenvalue weighted by Crippen LogP contribution is -1.98. The van der Waals surface area contributed by atoms with Crippen molar-refractivity contribution < 1.29 is 4.89 Å². The molecule has 2 heteroatoms. The number of allylic oxidation sites excluding steroid dienone is 1. The largest absolute Gasteiger partial charge is 0.365 e. The SMILES string of the molecule is C=C(C)[P@@](O)c1ccccc1. The zero-order valence-electron chi connectivity index (χ0n) is 6.49. The minimum absolute atomic E-state index is 0.839. The van der Waals surface area contributed by atoms with E-state index >= 15 is 0 Å². The maximum Gasteiger partial charge on any atom is 0.0827 e. The third-order valence-corrected chi connectivity index (χ3v) is 2.87. The van der Waals surface area contributed by atoms with Crippen molar-refractivity contribution in [3.05, 3.63) is 42.2 Å². The summed E-state index contributed by atoms with van der Waals surface area (Å²) in [6, 6.07) is 9.61. The maximum absolute atomic E-state index is 9.56. The lowest BCUT2D eigenvalue weighted by atomic mass is 10.4. The Balaban J connectivity index is 2.85. The van der Waals surface area contributed by atoms with E-state index in [4.69, 9.17) is 0 Å². The molecule has 11 heavy (non-hydrogen) atoms. The van der Waals surface area contributed by atoms with Gasteiger partial charge >= 0.3 is 0 Å². The van der Waals surface area contributed by atoms with Crippen LogP contribution in [0.5, 0.6) is 0 Å². The summed E-state index contributed by atoms with van der Waals surface area (Å²) in [4.78, 5) is 9.56. The molecule has 0 unspecified atom stereocenters. The number of rotatable bonds is 2. The minimum atomic E-state index is -1.13. The standard InChI is InChI=1S/C9H11OP/c1-8(2)11(10)9-6-4-3-5-7-9/h3-7,10H,1H2,2H3/t11-/m1/s1. The highest BCUT2D eigenvalue weighted by atomic mass is 31.1. The Kier molecular flexibility index (Phi) is 2.81. The van der Waals surface area contributed by atoms with Crippen molar-refractivity contribution in [1.29, 1.82) is 0 Å². The molecule has 0 saturated heterocycles. The van der Waals surface area contributed by atoms with Crippen LogP contribution in [-0.2, 0) is 0 Å². The van der Waals surface area contributed by atoms with Crippen molar-refractivity contribution in [2.45, 2.75) is 6.92 Å². The summed E-state index contributed by atoms with van der Waals surface area (Å²) in [5.41, 5.74) is 0. The van der Waals surface area contributed by atoms with E-state index in [1.54, 1.807) is 0 Å². The van der Waals surface area contributed by atoms with Gasteiger partial charge in [0, 0.05) is 5.30 Å². The summed E-state index contributed by atoms with van der Waals surface area (Å²) in [6.45, 7) is 5.56. The second-order valence-corrected chi connectivity index (χ2v) is 4.29. The van der Waals surface area contributed by atoms with E-state index in [0.717, 1.165) is 10.6 Å². The topological polar surface area (TPSA) is 20.2 Å². The molecule has 0 spiro atoms. The van der Waals surface area contributed by atoms with E-state index < -0.39 is 8.15 Å². The molecule has 1 N–H and O–H groups in total. The van der Waals surface area contributed by atoms with E-state index in [0.29, 0.717) is 0 Å². The average Bonchev–Trinajstić information content (AvgIpc) is 2.05. The molecule has 1 atom stereocenters. The summed E-state index contributed by atoms with van der Waals surface area (Å²) < 4.78 is 0. The molecular formula is C9H11OP. The van der Waals surface area contributed by atoms with Crippen LogP contribution in [0, 0.1) is 0 Å². The summed E-state index contributed by atoms with van der Waals surface area (Å²) in [6.07, 6.45) is 0. The van der Waals surface area contributed by atoms with E-state index in [2.05, 4.69) is 6.58 Å². The molecule has 0 fully saturated rings. The molecule has 0 aliphatic heterocycles. The van der Waals surface area contributed by atoms with Gasteiger partial charge in [0.25, 0.3) is 0 Å². The lowest BCUT2D eigenvalue weighted by Gasteiger charge is -2.08. The third kappa shape index (κ3) is 2.14. The number of hydrogen-bond donors (Lipinski definition) is 1. The molecule has 0 amide bonds. The van der Waals surface area contributed by atoms with E-state index in [9.17, 15) is 4.89 Å². The monoisotopic (exact) mass is 166 g/mol. The molecule has 0 aliphatic rings. The van der Waals surface area contributed by atoms with Crippen LogP contribution >= 0.6 is 8.15 Å². The van der Waals surface area contributed by atoms with Crippen molar-refractivity contribution in [1.82, 2.24) is 0 Å². The Morgan fingerprint density at radius 1 is 1.36 bits per heavy atom. The Morgan fingerprint density at radius 2 is 1.91 bits per heavy atom. The van der Waals surface area contributed by atoms with Crippen LogP contribution in [0.1, 0.15) is 6.92 Å². The zero-order chi connectivity index (χ0) is 8.27. The molecule has 0 saturated carbocycles. The first-order valence-corrected chi connectivity index (χ1v) is 4.71. The molecule has 1 rings (SSSR count). The number of benzene rings is 1. The second-order valence-electron chi connectivity index (χ2n) is 2.38. The highest BCUT2D eigenvalue weighted by molar-refractivity contribution is 7.64. The van der Waals surface area contributed by atoms with Crippen LogP contribution in [-0.4, -0.2) is 4.89 Å². The van der Waals surface area contributed by atoms with Gasteiger partial charge in [0.05, 0.1) is 8.15 Å². The summed E-state index contributed by atoms with van der Waals surface area (Å²) >= 11 is 0. The smallest absolute Gasteiger partial charge is 0.0827 e. The van der Waals surface area contributed by atoms with Gasteiger partial charge < -0.3 is 4.89 Å². The van der Waals surface area contributed by atoms with Crippen molar-refractivity contribution in [3.63, 3.8) is 0 Å². The second kappa shape index (κ2) is 3.66. The van der Waals surface area contributed by atoms with Gasteiger partial charge in [0.1, 0.15) is 0 Å². The summed E-state index contributed by atoms with van der Waals surface area (Å²) in [5.74, 6) is 0. The van der Waals surface area contributed by atoms with Crippen LogP contribution in [0.2, 0.25) is 0 Å². The van der Waals surface area contributed by atoms with E-state index in [-0.39, 0.29) is 0 Å². The fourth-order valence-electron chi connectivity index (χ4n) is 0.790. The molecule has 1 nitrogen and oxygen atoms in total. The predicted molar refractivity (Wildman–Crippen MR) is 50.0 cm³/mol. The summed E-state index contributed by atoms with van der Waals surface area (Å²) in [5, 5.41) is 1.81. The van der Waals surface area contributed by atoms with Gasteiger partial charge in [-0.25, -0.2) is 0 Å². The van der Waals surface area contributed by atoms with Crippen LogP contribution in [0.4, 0.5) is 0 Å². The lowest BCUT2D eigenvalue weighted by molar-refractivity contribution is 0.641. The van der Waals surface area contributed by atoms with Gasteiger partial charge in [-0.15, -0.1) is 0 Å².